The molecule has 1 atom stereocenters. The van der Waals surface area contributed by atoms with Gasteiger partial charge in [-0.15, -0.1) is 0 Å². The van der Waals surface area contributed by atoms with Crippen molar-refractivity contribution in [1.82, 2.24) is 9.21 Å². The summed E-state index contributed by atoms with van der Waals surface area (Å²) in [6, 6.07) is 8.55. The minimum Gasteiger partial charge on any atom is -0.299 e. The fourth-order valence-corrected chi connectivity index (χ4v) is 3.80. The van der Waals surface area contributed by atoms with Crippen LogP contribution in [0.5, 0.6) is 0 Å². The minimum absolute atomic E-state index is 0.301. The summed E-state index contributed by atoms with van der Waals surface area (Å²) in [6.45, 7) is 6.40. The molecule has 2 nitrogen and oxygen atoms in total. The topological polar surface area (TPSA) is 6.48 Å². The molecule has 1 aromatic carbocycles. The van der Waals surface area contributed by atoms with Crippen LogP contribution in [0.2, 0.25) is 0 Å². The van der Waals surface area contributed by atoms with Crippen LogP contribution in [0.3, 0.4) is 0 Å². The third-order valence-corrected chi connectivity index (χ3v) is 4.88. The van der Waals surface area contributed by atoms with Crippen LogP contribution in [0.1, 0.15) is 24.8 Å². The molecule has 0 bridgehead atoms. The first-order valence-corrected chi connectivity index (χ1v) is 7.76. The van der Waals surface area contributed by atoms with Gasteiger partial charge in [0.2, 0.25) is 0 Å². The lowest BCUT2D eigenvalue weighted by atomic mass is 10.1. The first-order valence-electron chi connectivity index (χ1n) is 6.98. The summed E-state index contributed by atoms with van der Waals surface area (Å²) in [5, 5.41) is 0. The van der Waals surface area contributed by atoms with Crippen LogP contribution in [-0.4, -0.2) is 28.5 Å². The molecular weight excluding hydrogens is 252 g/mol. The van der Waals surface area contributed by atoms with E-state index >= 15 is 0 Å². The minimum atomic E-state index is 0.301. The van der Waals surface area contributed by atoms with Crippen molar-refractivity contribution >= 4 is 18.0 Å². The lowest BCUT2D eigenvalue weighted by Crippen LogP contribution is -2.44. The van der Waals surface area contributed by atoms with E-state index in [-0.39, 0.29) is 0 Å². The lowest BCUT2D eigenvalue weighted by Gasteiger charge is -2.39. The summed E-state index contributed by atoms with van der Waals surface area (Å²) in [6.07, 6.45) is 10.7. The second-order valence-electron chi connectivity index (χ2n) is 5.05. The Morgan fingerprint density at radius 1 is 1.16 bits per heavy atom. The van der Waals surface area contributed by atoms with Gasteiger partial charge in [-0.05, 0) is 42.5 Å². The van der Waals surface area contributed by atoms with E-state index in [1.54, 1.807) is 0 Å². The molecule has 2 aliphatic rings. The van der Waals surface area contributed by atoms with Crippen molar-refractivity contribution in [3.05, 3.63) is 48.7 Å². The Balaban J connectivity index is 1.77. The zero-order valence-electron chi connectivity index (χ0n) is 11.2. The highest BCUT2D eigenvalue weighted by Gasteiger charge is 2.24. The maximum Gasteiger partial charge on any atom is 0.111 e. The van der Waals surface area contributed by atoms with Crippen LogP contribution < -0.4 is 0 Å². The molecule has 2 heterocycles. The molecule has 0 saturated carbocycles. The third kappa shape index (κ3) is 2.72. The summed E-state index contributed by atoms with van der Waals surface area (Å²) < 4.78 is 2.32. The Hall–Kier alpha value is -1.19. The van der Waals surface area contributed by atoms with E-state index in [0.717, 1.165) is 0 Å². The largest absolute Gasteiger partial charge is 0.299 e. The fourth-order valence-electron chi connectivity index (χ4n) is 2.74. The van der Waals surface area contributed by atoms with Gasteiger partial charge in [0.1, 0.15) is 6.17 Å². The highest BCUT2D eigenvalue weighted by atomic mass is 32.2. The van der Waals surface area contributed by atoms with Crippen molar-refractivity contribution in [3.63, 3.8) is 0 Å². The van der Waals surface area contributed by atoms with Gasteiger partial charge >= 0.3 is 0 Å². The maximum absolute atomic E-state index is 4.04. The lowest BCUT2D eigenvalue weighted by molar-refractivity contribution is 0.141. The van der Waals surface area contributed by atoms with E-state index in [0.29, 0.717) is 6.17 Å². The molecule has 1 fully saturated rings. The van der Waals surface area contributed by atoms with Crippen LogP contribution in [-0.2, 0) is 0 Å². The van der Waals surface area contributed by atoms with Gasteiger partial charge in [-0.3, -0.25) is 9.21 Å². The Bertz CT molecular complexity index is 477. The molecule has 0 N–H and O–H groups in total. The molecule has 2 aliphatic heterocycles. The average Bonchev–Trinajstić information content (AvgIpc) is 2.49. The molecule has 100 valence electrons. The Morgan fingerprint density at radius 3 is 2.74 bits per heavy atom. The number of likely N-dealkylation sites (tertiary alicyclic amines) is 1. The standard InChI is InChI=1S/C16H20N2S/c1-2-16(17-11-6-3-7-12-17)18-13-10-14-8-4-5-9-15(14)19-18/h2,4-5,8-10,13,16H,1,3,6-7,11-12H2. The van der Waals surface area contributed by atoms with E-state index < -0.39 is 0 Å². The van der Waals surface area contributed by atoms with Gasteiger partial charge in [0, 0.05) is 24.2 Å². The van der Waals surface area contributed by atoms with Crippen molar-refractivity contribution < 1.29 is 0 Å². The average molecular weight is 272 g/mol. The molecule has 3 heteroatoms. The highest BCUT2D eigenvalue weighted by Crippen LogP contribution is 2.35. The number of nitrogens with zero attached hydrogens (tertiary/aromatic N) is 2. The zero-order chi connectivity index (χ0) is 13.1. The fraction of sp³-hybridized carbons (Fsp3) is 0.375. The van der Waals surface area contributed by atoms with Crippen LogP contribution in [0.15, 0.2) is 48.0 Å². The van der Waals surface area contributed by atoms with Crippen LogP contribution in [0, 0.1) is 0 Å². The Kier molecular flexibility index (Phi) is 3.95. The summed E-state index contributed by atoms with van der Waals surface area (Å²) >= 11 is 1.82. The van der Waals surface area contributed by atoms with Gasteiger partial charge in [0.05, 0.1) is 0 Å². The maximum atomic E-state index is 4.04. The third-order valence-electron chi connectivity index (χ3n) is 3.76. The SMILES string of the molecule is C=CC(N1CCCCC1)N1C=Cc2ccccc2S1. The molecule has 1 saturated heterocycles. The molecule has 1 aromatic rings. The highest BCUT2D eigenvalue weighted by molar-refractivity contribution is 7.97. The van der Waals surface area contributed by atoms with Crippen molar-refractivity contribution in [1.29, 1.82) is 0 Å². The normalized spacial score (nSPS) is 20.9. The van der Waals surface area contributed by atoms with Gasteiger partial charge in [-0.1, -0.05) is 37.3 Å². The number of benzene rings is 1. The molecule has 0 aromatic heterocycles. The molecule has 0 radical (unpaired) electrons. The van der Waals surface area contributed by atoms with Gasteiger partial charge < -0.3 is 0 Å². The summed E-state index contributed by atoms with van der Waals surface area (Å²) in [4.78, 5) is 3.86. The Morgan fingerprint density at radius 2 is 1.95 bits per heavy atom. The molecule has 0 aliphatic carbocycles. The summed E-state index contributed by atoms with van der Waals surface area (Å²) in [5.74, 6) is 0. The van der Waals surface area contributed by atoms with Crippen molar-refractivity contribution in [2.45, 2.75) is 30.3 Å². The van der Waals surface area contributed by atoms with E-state index in [9.17, 15) is 0 Å². The van der Waals surface area contributed by atoms with Crippen LogP contribution >= 0.6 is 11.9 Å². The van der Waals surface area contributed by atoms with E-state index in [4.69, 9.17) is 0 Å². The number of hydrogen-bond acceptors (Lipinski definition) is 3. The van der Waals surface area contributed by atoms with Gasteiger partial charge in [0.25, 0.3) is 0 Å². The van der Waals surface area contributed by atoms with Crippen molar-refractivity contribution in [2.75, 3.05) is 13.1 Å². The predicted octanol–water partition coefficient (Wildman–Crippen LogP) is 3.98. The molecule has 0 spiro atoms. The van der Waals surface area contributed by atoms with Crippen molar-refractivity contribution in [3.8, 4) is 0 Å². The Labute approximate surface area is 119 Å². The van der Waals surface area contributed by atoms with E-state index in [1.165, 1.54) is 42.8 Å². The molecule has 1 unspecified atom stereocenters. The van der Waals surface area contributed by atoms with E-state index in [2.05, 4.69) is 58.4 Å². The second kappa shape index (κ2) is 5.85. The number of fused-ring (bicyclic) bond motifs is 1. The first kappa shape index (κ1) is 12.8. The van der Waals surface area contributed by atoms with Gasteiger partial charge in [-0.2, -0.15) is 0 Å². The number of piperidine rings is 1. The van der Waals surface area contributed by atoms with Crippen LogP contribution in [0.25, 0.3) is 6.08 Å². The van der Waals surface area contributed by atoms with Crippen molar-refractivity contribution in [2.24, 2.45) is 0 Å². The number of hydrogen-bond donors (Lipinski definition) is 0. The summed E-state index contributed by atoms with van der Waals surface area (Å²) in [7, 11) is 0. The van der Waals surface area contributed by atoms with Gasteiger partial charge in [0.15, 0.2) is 0 Å². The molecule has 3 rings (SSSR count). The molecule has 0 amide bonds. The molecular formula is C16H20N2S. The molecule has 19 heavy (non-hydrogen) atoms. The number of rotatable bonds is 3. The first-order chi connectivity index (χ1) is 9.38. The summed E-state index contributed by atoms with van der Waals surface area (Å²) in [5.41, 5.74) is 1.31. The quantitative estimate of drug-likeness (QED) is 0.607. The predicted molar refractivity (Wildman–Crippen MR) is 82.6 cm³/mol. The monoisotopic (exact) mass is 272 g/mol. The van der Waals surface area contributed by atoms with E-state index in [1.807, 2.05) is 11.9 Å². The van der Waals surface area contributed by atoms with Gasteiger partial charge in [-0.25, -0.2) is 0 Å². The second-order valence-corrected chi connectivity index (χ2v) is 6.09. The van der Waals surface area contributed by atoms with Crippen LogP contribution in [0.4, 0.5) is 0 Å². The smallest absolute Gasteiger partial charge is 0.111 e. The zero-order valence-corrected chi connectivity index (χ0v) is 12.0.